The van der Waals surface area contributed by atoms with Crippen LogP contribution in [0.2, 0.25) is 5.02 Å². The van der Waals surface area contributed by atoms with Gasteiger partial charge in [0.1, 0.15) is 0 Å². The highest BCUT2D eigenvalue weighted by molar-refractivity contribution is 6.31. The van der Waals surface area contributed by atoms with Crippen LogP contribution in [0.5, 0.6) is 5.88 Å². The Morgan fingerprint density at radius 2 is 1.90 bits per heavy atom. The summed E-state index contributed by atoms with van der Waals surface area (Å²) in [5, 5.41) is 3.70. The van der Waals surface area contributed by atoms with Crippen LogP contribution in [0.1, 0.15) is 25.3 Å². The fourth-order valence-corrected chi connectivity index (χ4v) is 3.97. The molecule has 1 N–H and O–H groups in total. The van der Waals surface area contributed by atoms with Crippen LogP contribution in [-0.4, -0.2) is 35.6 Å². The van der Waals surface area contributed by atoms with Crippen LogP contribution in [0, 0.1) is 5.92 Å². The van der Waals surface area contributed by atoms with Gasteiger partial charge in [0.15, 0.2) is 5.82 Å². The van der Waals surface area contributed by atoms with Crippen molar-refractivity contribution in [1.82, 2.24) is 15.3 Å². The van der Waals surface area contributed by atoms with Crippen LogP contribution in [0.25, 0.3) is 11.0 Å². The number of rotatable bonds is 6. The summed E-state index contributed by atoms with van der Waals surface area (Å²) >= 11 is 6.20. The third kappa shape index (κ3) is 4.49. The Kier molecular flexibility index (Phi) is 6.33. The van der Waals surface area contributed by atoms with E-state index in [1.54, 1.807) is 0 Å². The van der Waals surface area contributed by atoms with Crippen LogP contribution < -0.4 is 15.0 Å². The highest BCUT2D eigenvalue weighted by Gasteiger charge is 2.29. The normalized spacial score (nSPS) is 16.5. The molecule has 0 aliphatic carbocycles. The summed E-state index contributed by atoms with van der Waals surface area (Å²) in [6.07, 6.45) is 1.75. The molecule has 1 aliphatic heterocycles. The number of halogens is 1. The number of fused-ring (bicyclic) bond motifs is 1. The van der Waals surface area contributed by atoms with E-state index in [1.807, 2.05) is 55.5 Å². The molecule has 156 valence electrons. The lowest BCUT2D eigenvalue weighted by molar-refractivity contribution is -0.125. The lowest BCUT2D eigenvalue weighted by Crippen LogP contribution is -2.43. The number of carbonyl (C=O) groups excluding carboxylic acids is 1. The predicted molar refractivity (Wildman–Crippen MR) is 119 cm³/mol. The lowest BCUT2D eigenvalue weighted by atomic mass is 9.97. The first-order valence-corrected chi connectivity index (χ1v) is 10.7. The first-order chi connectivity index (χ1) is 14.7. The van der Waals surface area contributed by atoms with Gasteiger partial charge in [-0.3, -0.25) is 4.79 Å². The average molecular weight is 425 g/mol. The number of para-hydroxylation sites is 2. The number of carbonyl (C=O) groups is 1. The second-order valence-electron chi connectivity index (χ2n) is 7.37. The number of amides is 1. The van der Waals surface area contributed by atoms with E-state index in [-0.39, 0.29) is 11.8 Å². The number of hydrogen-bond acceptors (Lipinski definition) is 5. The SMILES string of the molecule is CCOc1nc2ccccc2nc1N1CCC[C@@H](C(=O)NCc2ccccc2Cl)C1. The predicted octanol–water partition coefficient (Wildman–Crippen LogP) is 4.21. The zero-order valence-electron chi connectivity index (χ0n) is 17.0. The molecule has 30 heavy (non-hydrogen) atoms. The van der Waals surface area contributed by atoms with Crippen molar-refractivity contribution in [3.63, 3.8) is 0 Å². The molecule has 0 radical (unpaired) electrons. The van der Waals surface area contributed by atoms with E-state index in [4.69, 9.17) is 21.3 Å². The molecule has 2 aromatic carbocycles. The Hall–Kier alpha value is -2.86. The van der Waals surface area contributed by atoms with E-state index in [1.165, 1.54) is 0 Å². The van der Waals surface area contributed by atoms with Crippen LogP contribution >= 0.6 is 11.6 Å². The Morgan fingerprint density at radius 3 is 2.67 bits per heavy atom. The van der Waals surface area contributed by atoms with Gasteiger partial charge in [0.25, 0.3) is 5.88 Å². The van der Waals surface area contributed by atoms with Crippen molar-refractivity contribution in [1.29, 1.82) is 0 Å². The third-order valence-corrected chi connectivity index (χ3v) is 5.67. The van der Waals surface area contributed by atoms with E-state index in [2.05, 4.69) is 15.2 Å². The highest BCUT2D eigenvalue weighted by atomic mass is 35.5. The zero-order valence-corrected chi connectivity index (χ0v) is 17.7. The molecule has 7 heteroatoms. The first kappa shape index (κ1) is 20.4. The quantitative estimate of drug-likeness (QED) is 0.641. The van der Waals surface area contributed by atoms with Crippen LogP contribution in [-0.2, 0) is 11.3 Å². The maximum absolute atomic E-state index is 12.8. The number of aromatic nitrogens is 2. The summed E-state index contributed by atoms with van der Waals surface area (Å²) in [5.74, 6) is 1.14. The Balaban J connectivity index is 1.50. The largest absolute Gasteiger partial charge is 0.475 e. The van der Waals surface area contributed by atoms with Crippen molar-refractivity contribution in [2.24, 2.45) is 5.92 Å². The van der Waals surface area contributed by atoms with Gasteiger partial charge in [-0.1, -0.05) is 41.9 Å². The lowest BCUT2D eigenvalue weighted by Gasteiger charge is -2.33. The molecule has 1 fully saturated rings. The molecular weight excluding hydrogens is 400 g/mol. The number of anilines is 1. The smallest absolute Gasteiger partial charge is 0.258 e. The minimum atomic E-state index is -0.121. The van der Waals surface area contributed by atoms with E-state index in [0.29, 0.717) is 36.4 Å². The van der Waals surface area contributed by atoms with E-state index in [9.17, 15) is 4.79 Å². The Bertz CT molecular complexity index is 1040. The van der Waals surface area contributed by atoms with Crippen molar-refractivity contribution in [2.75, 3.05) is 24.6 Å². The minimum absolute atomic E-state index is 0.0336. The molecule has 0 unspecified atom stereocenters. The van der Waals surface area contributed by atoms with Gasteiger partial charge in [0, 0.05) is 24.7 Å². The fourth-order valence-electron chi connectivity index (χ4n) is 3.77. The Morgan fingerprint density at radius 1 is 1.17 bits per heavy atom. The highest BCUT2D eigenvalue weighted by Crippen LogP contribution is 2.30. The molecule has 6 nitrogen and oxygen atoms in total. The van der Waals surface area contributed by atoms with E-state index in [0.717, 1.165) is 36.0 Å². The maximum Gasteiger partial charge on any atom is 0.258 e. The maximum atomic E-state index is 12.8. The van der Waals surface area contributed by atoms with Gasteiger partial charge >= 0.3 is 0 Å². The number of nitrogens with zero attached hydrogens (tertiary/aromatic N) is 3. The van der Waals surface area contributed by atoms with E-state index >= 15 is 0 Å². The summed E-state index contributed by atoms with van der Waals surface area (Å²) in [6.45, 7) is 4.27. The molecule has 2 heterocycles. The molecule has 1 atom stereocenters. The molecule has 1 aromatic heterocycles. The average Bonchev–Trinajstić information content (AvgIpc) is 2.78. The van der Waals surface area contributed by atoms with Gasteiger partial charge in [-0.05, 0) is 43.5 Å². The van der Waals surface area contributed by atoms with Gasteiger partial charge in [-0.2, -0.15) is 0 Å². The van der Waals surface area contributed by atoms with Gasteiger partial charge in [0.05, 0.1) is 23.6 Å². The van der Waals surface area contributed by atoms with Gasteiger partial charge in [-0.25, -0.2) is 9.97 Å². The third-order valence-electron chi connectivity index (χ3n) is 5.31. The number of benzene rings is 2. The molecular formula is C23H25ClN4O2. The Labute approximate surface area is 181 Å². The standard InChI is InChI=1S/C23H25ClN4O2/c1-2-30-23-21(26-19-11-5-6-12-20(19)27-23)28-13-7-9-17(15-28)22(29)25-14-16-8-3-4-10-18(16)24/h3-6,8,10-12,17H,2,7,9,13-15H2,1H3,(H,25,29)/t17-/m1/s1. The van der Waals surface area contributed by atoms with Gasteiger partial charge in [0.2, 0.25) is 5.91 Å². The summed E-state index contributed by atoms with van der Waals surface area (Å²) in [7, 11) is 0. The second kappa shape index (κ2) is 9.30. The summed E-state index contributed by atoms with van der Waals surface area (Å²) in [4.78, 5) is 24.4. The number of piperidine rings is 1. The molecule has 1 saturated heterocycles. The summed E-state index contributed by atoms with van der Waals surface area (Å²) < 4.78 is 5.78. The molecule has 0 saturated carbocycles. The van der Waals surface area contributed by atoms with Crippen molar-refractivity contribution in [2.45, 2.75) is 26.3 Å². The fraction of sp³-hybridized carbons (Fsp3) is 0.348. The van der Waals surface area contributed by atoms with Crippen molar-refractivity contribution < 1.29 is 9.53 Å². The topological polar surface area (TPSA) is 67.4 Å². The van der Waals surface area contributed by atoms with Crippen LogP contribution in [0.3, 0.4) is 0 Å². The molecule has 1 amide bonds. The molecule has 0 spiro atoms. The minimum Gasteiger partial charge on any atom is -0.475 e. The number of hydrogen-bond donors (Lipinski definition) is 1. The summed E-state index contributed by atoms with van der Waals surface area (Å²) in [6, 6.07) is 15.3. The van der Waals surface area contributed by atoms with Crippen molar-refractivity contribution in [3.8, 4) is 5.88 Å². The number of ether oxygens (including phenoxy) is 1. The monoisotopic (exact) mass is 424 g/mol. The summed E-state index contributed by atoms with van der Waals surface area (Å²) in [5.41, 5.74) is 2.54. The van der Waals surface area contributed by atoms with Gasteiger partial charge < -0.3 is 15.0 Å². The molecule has 3 aromatic rings. The first-order valence-electron chi connectivity index (χ1n) is 10.3. The van der Waals surface area contributed by atoms with Crippen LogP contribution in [0.4, 0.5) is 5.82 Å². The second-order valence-corrected chi connectivity index (χ2v) is 7.78. The van der Waals surface area contributed by atoms with Crippen LogP contribution in [0.15, 0.2) is 48.5 Å². The van der Waals surface area contributed by atoms with Crippen molar-refractivity contribution >= 4 is 34.4 Å². The molecule has 0 bridgehead atoms. The molecule has 4 rings (SSSR count). The van der Waals surface area contributed by atoms with Gasteiger partial charge in [-0.15, -0.1) is 0 Å². The molecule has 1 aliphatic rings. The van der Waals surface area contributed by atoms with Crippen molar-refractivity contribution in [3.05, 3.63) is 59.1 Å². The zero-order chi connectivity index (χ0) is 20.9. The van der Waals surface area contributed by atoms with E-state index < -0.39 is 0 Å². The number of nitrogens with one attached hydrogen (secondary N) is 1.